The van der Waals surface area contributed by atoms with E-state index in [1.54, 1.807) is 22.3 Å². The zero-order valence-corrected chi connectivity index (χ0v) is 9.57. The van der Waals surface area contributed by atoms with Crippen LogP contribution in [0.25, 0.3) is 0 Å². The van der Waals surface area contributed by atoms with E-state index in [1.807, 2.05) is 0 Å². The Kier molecular flexibility index (Phi) is 2.22. The fourth-order valence-corrected chi connectivity index (χ4v) is 2.49. The first kappa shape index (κ1) is 9.51. The summed E-state index contributed by atoms with van der Waals surface area (Å²) in [6.45, 7) is 8.89. The molecule has 0 aromatic heterocycles. The lowest BCUT2D eigenvalue weighted by molar-refractivity contribution is 1.12. The van der Waals surface area contributed by atoms with Crippen LogP contribution >= 0.6 is 0 Å². The maximum absolute atomic E-state index is 2.27. The normalized spacial score (nSPS) is 22.0. The molecule has 0 saturated heterocycles. The van der Waals surface area contributed by atoms with Gasteiger partial charge in [0.15, 0.2) is 0 Å². The molecule has 0 aromatic carbocycles. The van der Waals surface area contributed by atoms with Crippen LogP contribution in [0, 0.1) is 0 Å². The van der Waals surface area contributed by atoms with E-state index >= 15 is 0 Å². The fraction of sp³-hybridized carbons (Fsp3) is 0.429. The van der Waals surface area contributed by atoms with E-state index in [4.69, 9.17) is 0 Å². The molecular weight excluding hydrogens is 168 g/mol. The summed E-state index contributed by atoms with van der Waals surface area (Å²) in [7, 11) is 0. The van der Waals surface area contributed by atoms with Gasteiger partial charge in [-0.05, 0) is 68.4 Å². The zero-order chi connectivity index (χ0) is 10.3. The third kappa shape index (κ3) is 1.21. The van der Waals surface area contributed by atoms with Gasteiger partial charge in [0.1, 0.15) is 0 Å². The van der Waals surface area contributed by atoms with Gasteiger partial charge in [-0.1, -0.05) is 17.7 Å². The van der Waals surface area contributed by atoms with Crippen molar-refractivity contribution in [3.05, 3.63) is 45.6 Å². The third-order valence-corrected chi connectivity index (χ3v) is 3.57. The van der Waals surface area contributed by atoms with Crippen molar-refractivity contribution in [2.45, 2.75) is 40.5 Å². The van der Waals surface area contributed by atoms with Crippen molar-refractivity contribution in [1.82, 2.24) is 0 Å². The van der Waals surface area contributed by atoms with E-state index in [0.717, 1.165) is 6.42 Å². The lowest BCUT2D eigenvalue weighted by atomic mass is 10.0. The molecule has 0 saturated carbocycles. The highest BCUT2D eigenvalue weighted by molar-refractivity contribution is 5.61. The molecule has 0 bridgehead atoms. The molecule has 0 amide bonds. The summed E-state index contributed by atoms with van der Waals surface area (Å²) < 4.78 is 0. The lowest BCUT2D eigenvalue weighted by Crippen LogP contribution is -1.85. The molecule has 0 radical (unpaired) electrons. The monoisotopic (exact) mass is 186 g/mol. The summed E-state index contributed by atoms with van der Waals surface area (Å²) in [5.74, 6) is 0. The average molecular weight is 186 g/mol. The van der Waals surface area contributed by atoms with Gasteiger partial charge in [-0.25, -0.2) is 0 Å². The van der Waals surface area contributed by atoms with E-state index in [1.165, 1.54) is 17.6 Å². The Morgan fingerprint density at radius 3 is 2.14 bits per heavy atom. The summed E-state index contributed by atoms with van der Waals surface area (Å²) in [5, 5.41) is 0. The molecule has 2 aliphatic carbocycles. The minimum absolute atomic E-state index is 1.16. The van der Waals surface area contributed by atoms with Gasteiger partial charge < -0.3 is 0 Å². The Morgan fingerprint density at radius 2 is 1.57 bits per heavy atom. The highest BCUT2D eigenvalue weighted by Gasteiger charge is 2.26. The van der Waals surface area contributed by atoms with Gasteiger partial charge in [0.25, 0.3) is 0 Å². The Morgan fingerprint density at radius 1 is 0.929 bits per heavy atom. The molecule has 0 unspecified atom stereocenters. The van der Waals surface area contributed by atoms with Gasteiger partial charge in [-0.2, -0.15) is 0 Å². The van der Waals surface area contributed by atoms with Crippen molar-refractivity contribution >= 4 is 0 Å². The van der Waals surface area contributed by atoms with Crippen LogP contribution in [0.2, 0.25) is 0 Å². The largest absolute Gasteiger partial charge is 0.0874 e. The Labute approximate surface area is 86.7 Å². The minimum Gasteiger partial charge on any atom is -0.0874 e. The van der Waals surface area contributed by atoms with Crippen LogP contribution in [-0.2, 0) is 0 Å². The molecule has 0 fully saturated rings. The summed E-state index contributed by atoms with van der Waals surface area (Å²) in [6.07, 6.45) is 6.76. The fourth-order valence-electron chi connectivity index (χ4n) is 2.49. The molecule has 0 N–H and O–H groups in total. The second-order valence-electron chi connectivity index (χ2n) is 4.37. The van der Waals surface area contributed by atoms with E-state index in [-0.39, 0.29) is 0 Å². The maximum Gasteiger partial charge on any atom is -0.00176 e. The smallest absolute Gasteiger partial charge is 0.00176 e. The number of hydrogen-bond acceptors (Lipinski definition) is 0. The first-order chi connectivity index (χ1) is 6.65. The van der Waals surface area contributed by atoms with E-state index in [9.17, 15) is 0 Å². The average Bonchev–Trinajstić information content (AvgIpc) is 2.59. The highest BCUT2D eigenvalue weighted by atomic mass is 14.3. The predicted molar refractivity (Wildman–Crippen MR) is 62.1 cm³/mol. The van der Waals surface area contributed by atoms with Gasteiger partial charge in [0.05, 0.1) is 0 Å². The van der Waals surface area contributed by atoms with Gasteiger partial charge >= 0.3 is 0 Å². The van der Waals surface area contributed by atoms with Crippen LogP contribution in [0.4, 0.5) is 0 Å². The molecule has 0 heteroatoms. The topological polar surface area (TPSA) is 0 Å². The molecule has 74 valence electrons. The van der Waals surface area contributed by atoms with Crippen LogP contribution in [-0.4, -0.2) is 0 Å². The van der Waals surface area contributed by atoms with Crippen LogP contribution in [0.1, 0.15) is 40.5 Å². The number of rotatable bonds is 1. The standard InChI is InChI=1S/C14H18/c1-5-6-12-8-14-10(3)9(2)7-13(14)11(12)4/h5-6H,7-8H2,1-4H3/b6-5+. The Balaban J connectivity index is 2.34. The van der Waals surface area contributed by atoms with Gasteiger partial charge in [-0.3, -0.25) is 0 Å². The van der Waals surface area contributed by atoms with Crippen LogP contribution < -0.4 is 0 Å². The molecule has 0 heterocycles. The molecule has 0 aromatic rings. The molecule has 0 aliphatic heterocycles. The first-order valence-electron chi connectivity index (χ1n) is 5.36. The molecule has 0 nitrogen and oxygen atoms in total. The highest BCUT2D eigenvalue weighted by Crippen LogP contribution is 2.45. The van der Waals surface area contributed by atoms with Crippen LogP contribution in [0.15, 0.2) is 45.6 Å². The van der Waals surface area contributed by atoms with Crippen molar-refractivity contribution < 1.29 is 0 Å². The minimum atomic E-state index is 1.16. The number of allylic oxidation sites excluding steroid dienone is 8. The van der Waals surface area contributed by atoms with Crippen LogP contribution in [0.3, 0.4) is 0 Å². The van der Waals surface area contributed by atoms with Crippen molar-refractivity contribution in [2.75, 3.05) is 0 Å². The maximum atomic E-state index is 2.27. The molecule has 2 aliphatic rings. The lowest BCUT2D eigenvalue weighted by Gasteiger charge is -2.04. The quantitative estimate of drug-likeness (QED) is 0.572. The number of hydrogen-bond donors (Lipinski definition) is 0. The van der Waals surface area contributed by atoms with Crippen molar-refractivity contribution in [2.24, 2.45) is 0 Å². The van der Waals surface area contributed by atoms with Crippen molar-refractivity contribution in [1.29, 1.82) is 0 Å². The zero-order valence-electron chi connectivity index (χ0n) is 9.57. The first-order valence-corrected chi connectivity index (χ1v) is 5.36. The van der Waals surface area contributed by atoms with E-state index in [2.05, 4.69) is 39.8 Å². The van der Waals surface area contributed by atoms with Crippen molar-refractivity contribution in [3.8, 4) is 0 Å². The summed E-state index contributed by atoms with van der Waals surface area (Å²) in [5.41, 5.74) is 9.35. The molecular formula is C14H18. The van der Waals surface area contributed by atoms with Gasteiger partial charge in [0, 0.05) is 0 Å². The Hall–Kier alpha value is -1.04. The predicted octanol–water partition coefficient (Wildman–Crippen LogP) is 4.32. The second kappa shape index (κ2) is 3.27. The van der Waals surface area contributed by atoms with Gasteiger partial charge in [-0.15, -0.1) is 0 Å². The SMILES string of the molecule is C/C=C/C1=C(C)C2=C(C1)C(C)=C(C)C2. The summed E-state index contributed by atoms with van der Waals surface area (Å²) >= 11 is 0. The molecule has 14 heavy (non-hydrogen) atoms. The second-order valence-corrected chi connectivity index (χ2v) is 4.37. The van der Waals surface area contributed by atoms with Crippen LogP contribution in [0.5, 0.6) is 0 Å². The molecule has 0 atom stereocenters. The Bertz CT molecular complexity index is 398. The van der Waals surface area contributed by atoms with E-state index < -0.39 is 0 Å². The summed E-state index contributed by atoms with van der Waals surface area (Å²) in [6, 6.07) is 0. The third-order valence-electron chi connectivity index (χ3n) is 3.57. The summed E-state index contributed by atoms with van der Waals surface area (Å²) in [4.78, 5) is 0. The molecule has 0 spiro atoms. The van der Waals surface area contributed by atoms with Crippen molar-refractivity contribution in [3.63, 3.8) is 0 Å². The van der Waals surface area contributed by atoms with Gasteiger partial charge in [0.2, 0.25) is 0 Å². The molecule has 2 rings (SSSR count). The van der Waals surface area contributed by atoms with E-state index in [0.29, 0.717) is 0 Å².